The predicted molar refractivity (Wildman–Crippen MR) is 142 cm³/mol. The van der Waals surface area contributed by atoms with E-state index in [1.54, 1.807) is 0 Å². The highest BCUT2D eigenvalue weighted by Gasteiger charge is 2.40. The van der Waals surface area contributed by atoms with Gasteiger partial charge in [0.2, 0.25) is 0 Å². The summed E-state index contributed by atoms with van der Waals surface area (Å²) in [5, 5.41) is 5.63. The number of rotatable bonds is 3. The molecule has 9 nitrogen and oxygen atoms in total. The van der Waals surface area contributed by atoms with Gasteiger partial charge in [-0.2, -0.15) is 5.10 Å². The highest BCUT2D eigenvalue weighted by molar-refractivity contribution is 5.82. The highest BCUT2D eigenvalue weighted by Crippen LogP contribution is 2.36. The molecule has 3 fully saturated rings. The van der Waals surface area contributed by atoms with Crippen LogP contribution in [0.15, 0.2) is 24.4 Å². The van der Waals surface area contributed by atoms with Crippen molar-refractivity contribution in [1.29, 1.82) is 0 Å². The van der Waals surface area contributed by atoms with E-state index in [4.69, 9.17) is 19.4 Å². The second kappa shape index (κ2) is 9.18. The fourth-order valence-electron chi connectivity index (χ4n) is 6.01. The number of carbonyl (C=O) groups excluding carboxylic acids is 1. The first kappa shape index (κ1) is 25.0. The van der Waals surface area contributed by atoms with Crippen molar-refractivity contribution in [3.63, 3.8) is 0 Å². The summed E-state index contributed by atoms with van der Waals surface area (Å²) < 4.78 is 28.6. The lowest BCUT2D eigenvalue weighted by atomic mass is 9.85. The minimum atomic E-state index is -1.19. The summed E-state index contributed by atoms with van der Waals surface area (Å²) >= 11 is 0. The molecule has 3 aromatic rings. The molecule has 202 valence electrons. The number of anilines is 1. The quantitative estimate of drug-likeness (QED) is 0.502. The summed E-state index contributed by atoms with van der Waals surface area (Å²) in [5.74, 6) is 1.94. The Morgan fingerprint density at radius 1 is 1.13 bits per heavy atom. The Kier molecular flexibility index (Phi) is 6.05. The molecular weight excluding hydrogens is 487 g/mol. The molecule has 5 heterocycles. The molecule has 2 aromatic heterocycles. The molecular formula is C28H35FN6O3. The van der Waals surface area contributed by atoms with E-state index in [0.717, 1.165) is 47.4 Å². The van der Waals surface area contributed by atoms with Crippen LogP contribution in [0.4, 0.5) is 15.0 Å². The van der Waals surface area contributed by atoms with Crippen molar-refractivity contribution < 1.29 is 18.7 Å². The fourth-order valence-corrected chi connectivity index (χ4v) is 6.01. The molecule has 1 amide bonds. The molecule has 2 bridgehead atoms. The van der Waals surface area contributed by atoms with Gasteiger partial charge < -0.3 is 19.3 Å². The number of nitrogens with zero attached hydrogens (tertiary/aromatic N) is 6. The zero-order valence-electron chi connectivity index (χ0n) is 22.6. The summed E-state index contributed by atoms with van der Waals surface area (Å²) in [6, 6.07) is 6.43. The third kappa shape index (κ3) is 4.59. The van der Waals surface area contributed by atoms with Crippen LogP contribution in [0.1, 0.15) is 56.5 Å². The number of ether oxygens (including phenoxy) is 2. The van der Waals surface area contributed by atoms with Gasteiger partial charge in [0.15, 0.2) is 5.82 Å². The average molecular weight is 523 g/mol. The van der Waals surface area contributed by atoms with Crippen LogP contribution in [-0.2, 0) is 9.47 Å². The second-order valence-electron chi connectivity index (χ2n) is 11.8. The number of aryl methyl sites for hydroxylation is 2. The summed E-state index contributed by atoms with van der Waals surface area (Å²) in [4.78, 5) is 25.7. The van der Waals surface area contributed by atoms with Crippen molar-refractivity contribution in [3.8, 4) is 5.82 Å². The van der Waals surface area contributed by atoms with E-state index in [-0.39, 0.29) is 18.6 Å². The SMILES string of the molecule is Cc1nc(N2C[C@H]3C[C@@H]2CO3)cc(-n2ncc3cc(C)c(C4CCN(C(=O)OC(C)(C)C)CC4F)cc32)n1. The van der Waals surface area contributed by atoms with Gasteiger partial charge in [-0.3, -0.25) is 0 Å². The number of hydrogen-bond donors (Lipinski definition) is 0. The van der Waals surface area contributed by atoms with E-state index in [0.29, 0.717) is 30.6 Å². The van der Waals surface area contributed by atoms with Crippen molar-refractivity contribution >= 4 is 22.8 Å². The van der Waals surface area contributed by atoms with E-state index in [9.17, 15) is 4.79 Å². The van der Waals surface area contributed by atoms with Gasteiger partial charge in [-0.25, -0.2) is 23.8 Å². The van der Waals surface area contributed by atoms with Crippen LogP contribution in [0.2, 0.25) is 0 Å². The van der Waals surface area contributed by atoms with Crippen LogP contribution >= 0.6 is 0 Å². The number of alkyl halides is 1. The number of aromatic nitrogens is 4. The minimum Gasteiger partial charge on any atom is -0.444 e. The summed E-state index contributed by atoms with van der Waals surface area (Å²) in [7, 11) is 0. The number of benzene rings is 1. The second-order valence-corrected chi connectivity index (χ2v) is 11.8. The lowest BCUT2D eigenvalue weighted by molar-refractivity contribution is 0.0111. The number of hydrogen-bond acceptors (Lipinski definition) is 7. The summed E-state index contributed by atoms with van der Waals surface area (Å²) in [5.41, 5.74) is 2.22. The van der Waals surface area contributed by atoms with Crippen molar-refractivity contribution in [3.05, 3.63) is 41.3 Å². The van der Waals surface area contributed by atoms with Gasteiger partial charge in [-0.1, -0.05) is 0 Å². The van der Waals surface area contributed by atoms with Crippen LogP contribution in [0.25, 0.3) is 16.7 Å². The normalized spacial score (nSPS) is 25.4. The maximum Gasteiger partial charge on any atom is 0.410 e. The first-order chi connectivity index (χ1) is 18.1. The largest absolute Gasteiger partial charge is 0.444 e. The summed E-state index contributed by atoms with van der Waals surface area (Å²) in [6.07, 6.45) is 2.00. The fraction of sp³-hybridized carbons (Fsp3) is 0.571. The van der Waals surface area contributed by atoms with Gasteiger partial charge in [-0.15, -0.1) is 0 Å². The van der Waals surface area contributed by atoms with Crippen molar-refractivity contribution in [1.82, 2.24) is 24.6 Å². The Balaban J connectivity index is 1.29. The minimum absolute atomic E-state index is 0.0203. The van der Waals surface area contributed by atoms with Gasteiger partial charge in [0.05, 0.1) is 37.0 Å². The lowest BCUT2D eigenvalue weighted by Gasteiger charge is -2.36. The third-order valence-electron chi connectivity index (χ3n) is 7.77. The molecule has 0 saturated carbocycles. The molecule has 2 unspecified atom stereocenters. The van der Waals surface area contributed by atoms with Crippen LogP contribution < -0.4 is 4.90 Å². The van der Waals surface area contributed by atoms with Crippen LogP contribution in [0.3, 0.4) is 0 Å². The number of morpholine rings is 1. The van der Waals surface area contributed by atoms with E-state index >= 15 is 4.39 Å². The molecule has 0 aliphatic carbocycles. The standard InChI is InChI=1S/C28H35FN6O3/c1-16-8-18-12-30-35(26-11-25(31-17(2)32-26)34-13-20-9-19(34)15-37-20)24(18)10-22(16)21-6-7-33(14-23(21)29)27(36)38-28(3,4)5/h8,10-12,19-21,23H,6-7,9,13-15H2,1-5H3/t19-,20-,21?,23?/m1/s1. The molecule has 0 radical (unpaired) electrons. The van der Waals surface area contributed by atoms with Crippen molar-refractivity contribution in [2.75, 3.05) is 31.1 Å². The Morgan fingerprint density at radius 3 is 2.61 bits per heavy atom. The maximum atomic E-state index is 15.6. The molecule has 3 saturated heterocycles. The molecule has 38 heavy (non-hydrogen) atoms. The monoisotopic (exact) mass is 522 g/mol. The molecule has 3 aliphatic rings. The molecule has 10 heteroatoms. The predicted octanol–water partition coefficient (Wildman–Crippen LogP) is 4.47. The molecule has 0 spiro atoms. The Morgan fingerprint density at radius 2 is 1.92 bits per heavy atom. The number of fused-ring (bicyclic) bond motifs is 3. The first-order valence-electron chi connectivity index (χ1n) is 13.4. The zero-order valence-corrected chi connectivity index (χ0v) is 22.6. The molecule has 3 aliphatic heterocycles. The van der Waals surface area contributed by atoms with Gasteiger partial charge in [0, 0.05) is 30.5 Å². The highest BCUT2D eigenvalue weighted by atomic mass is 19.1. The van der Waals surface area contributed by atoms with Crippen molar-refractivity contribution in [2.24, 2.45) is 0 Å². The van der Waals surface area contributed by atoms with E-state index in [1.807, 2.05) is 57.6 Å². The maximum absolute atomic E-state index is 15.6. The van der Waals surface area contributed by atoms with Crippen LogP contribution in [0.5, 0.6) is 0 Å². The number of piperidine rings is 1. The van der Waals surface area contributed by atoms with Crippen LogP contribution in [0, 0.1) is 13.8 Å². The van der Waals surface area contributed by atoms with Gasteiger partial charge in [0.25, 0.3) is 0 Å². The average Bonchev–Trinajstić information content (AvgIpc) is 3.58. The third-order valence-corrected chi connectivity index (χ3v) is 7.77. The number of halogens is 1. The molecule has 0 N–H and O–H groups in total. The topological polar surface area (TPSA) is 85.6 Å². The molecule has 6 rings (SSSR count). The van der Waals surface area contributed by atoms with Gasteiger partial charge >= 0.3 is 6.09 Å². The molecule has 1 aromatic carbocycles. The van der Waals surface area contributed by atoms with Gasteiger partial charge in [0.1, 0.15) is 23.4 Å². The smallest absolute Gasteiger partial charge is 0.410 e. The van der Waals surface area contributed by atoms with E-state index in [1.165, 1.54) is 4.90 Å². The van der Waals surface area contributed by atoms with Gasteiger partial charge in [-0.05, 0) is 70.7 Å². The number of likely N-dealkylation sites (tertiary alicyclic amines) is 1. The Bertz CT molecular complexity index is 1380. The van der Waals surface area contributed by atoms with Crippen LogP contribution in [-0.4, -0.2) is 80.9 Å². The Labute approximate surface area is 221 Å². The van der Waals surface area contributed by atoms with Crippen molar-refractivity contribution in [2.45, 2.75) is 77.3 Å². The number of carbonyl (C=O) groups is 1. The van der Waals surface area contributed by atoms with E-state index in [2.05, 4.69) is 16.1 Å². The summed E-state index contributed by atoms with van der Waals surface area (Å²) in [6.45, 7) is 11.4. The van der Waals surface area contributed by atoms with E-state index < -0.39 is 17.9 Å². The zero-order chi connectivity index (χ0) is 26.8. The number of amides is 1. The lowest BCUT2D eigenvalue weighted by Crippen LogP contribution is -2.46. The Hall–Kier alpha value is -3.27. The molecule has 4 atom stereocenters. The first-order valence-corrected chi connectivity index (χ1v) is 13.4.